The molecule has 1 aromatic carbocycles. The fourth-order valence-electron chi connectivity index (χ4n) is 5.94. The van der Waals surface area contributed by atoms with Gasteiger partial charge < -0.3 is 67.4 Å². The van der Waals surface area contributed by atoms with E-state index < -0.39 is 122 Å². The van der Waals surface area contributed by atoms with Crippen molar-refractivity contribution in [2.24, 2.45) is 5.73 Å². The summed E-state index contributed by atoms with van der Waals surface area (Å²) in [5, 5.41) is 50.2. The highest BCUT2D eigenvalue weighted by Crippen LogP contribution is 2.35. The molecule has 13 N–H and O–H groups in total. The van der Waals surface area contributed by atoms with Crippen molar-refractivity contribution < 1.29 is 81.3 Å². The number of aromatic nitrogens is 1. The molecular weight excluding hydrogens is 857 g/mol. The number of phosphoric acid groups is 1. The number of aliphatic hydroxyl groups is 3. The van der Waals surface area contributed by atoms with Gasteiger partial charge in [0.25, 0.3) is 0 Å². The number of phenols is 1. The molecule has 0 unspecified atom stereocenters. The molecule has 0 spiro atoms. The van der Waals surface area contributed by atoms with E-state index in [-0.39, 0.29) is 53.0 Å². The molecule has 0 radical (unpaired) electrons. The lowest BCUT2D eigenvalue weighted by Gasteiger charge is -2.30. The number of phenolic OH excluding ortho intramolecular Hbond substituents is 1. The largest absolute Gasteiger partial charge is 0.506 e. The average Bonchev–Trinajstić information content (AvgIpc) is 3.68. The standard InChI is InChI=1S/C33H48N9O17PS/c1-16(46)35-19(11-17-6-7-18-26(61(57,58)41(2)3)9-8-25(47)27(18)36-17)33(53)42-10-4-5-24(42)32(52)39-22(14-45)30(50)40-23(15-59-60(54,55)56)31(51)38-21(13-44)29(49)37-20(12-43)28(34)48/h6-9,19-24,43-45,47H,4-5,10-15H2,1-3H3,(H2,34,48)(H,35,46)(H,37,49)(H,38,51)(H,39,52)(H,40,50)(H2,54,55,56)/t19-,20-,21-,22+,23-,24-/m0/s1. The van der Waals surface area contributed by atoms with Crippen LogP contribution in [0, 0.1) is 0 Å². The van der Waals surface area contributed by atoms with Crippen LogP contribution in [-0.4, -0.2) is 177 Å². The molecule has 1 aliphatic rings. The number of phosphoric ester groups is 1. The van der Waals surface area contributed by atoms with Crippen molar-refractivity contribution >= 4 is 70.1 Å². The number of primary amides is 1. The first-order valence-electron chi connectivity index (χ1n) is 18.1. The molecule has 1 saturated heterocycles. The summed E-state index contributed by atoms with van der Waals surface area (Å²) in [6.45, 7) is -3.35. The summed E-state index contributed by atoms with van der Waals surface area (Å²) < 4.78 is 42.5. The molecule has 28 heteroatoms. The van der Waals surface area contributed by atoms with Gasteiger partial charge >= 0.3 is 7.82 Å². The zero-order valence-electron chi connectivity index (χ0n) is 32.9. The van der Waals surface area contributed by atoms with E-state index in [2.05, 4.69) is 20.1 Å². The normalized spacial score (nSPS) is 16.8. The number of fused-ring (bicyclic) bond motifs is 1. The molecule has 6 atom stereocenters. The van der Waals surface area contributed by atoms with E-state index in [4.69, 9.17) is 5.73 Å². The molecule has 1 fully saturated rings. The lowest BCUT2D eigenvalue weighted by molar-refractivity contribution is -0.142. The monoisotopic (exact) mass is 905 g/mol. The van der Waals surface area contributed by atoms with Gasteiger partial charge in [0.05, 0.1) is 31.3 Å². The summed E-state index contributed by atoms with van der Waals surface area (Å²) in [5.74, 6) is -7.92. The second-order valence-corrected chi connectivity index (χ2v) is 17.1. The summed E-state index contributed by atoms with van der Waals surface area (Å²) >= 11 is 0. The van der Waals surface area contributed by atoms with Crippen LogP contribution >= 0.6 is 7.82 Å². The molecule has 61 heavy (non-hydrogen) atoms. The predicted octanol–water partition coefficient (Wildman–Crippen LogP) is -6.26. The molecule has 7 amide bonds. The van der Waals surface area contributed by atoms with E-state index in [1.54, 1.807) is 0 Å². The smallest absolute Gasteiger partial charge is 0.469 e. The molecule has 2 aromatic rings. The fourth-order valence-corrected chi connectivity index (χ4v) is 7.36. The van der Waals surface area contributed by atoms with Crippen LogP contribution in [0.3, 0.4) is 0 Å². The number of hydrogen-bond acceptors (Lipinski definition) is 16. The Labute approximate surface area is 347 Å². The Morgan fingerprint density at radius 3 is 1.97 bits per heavy atom. The Bertz CT molecular complexity index is 2160. The Hall–Kier alpha value is -5.38. The van der Waals surface area contributed by atoms with E-state index in [0.29, 0.717) is 0 Å². The maximum Gasteiger partial charge on any atom is 0.469 e. The first-order chi connectivity index (χ1) is 28.4. The summed E-state index contributed by atoms with van der Waals surface area (Å²) in [7, 11) is -6.63. The number of amides is 7. The lowest BCUT2D eigenvalue weighted by Crippen LogP contribution is -2.61. The second-order valence-electron chi connectivity index (χ2n) is 13.7. The average molecular weight is 906 g/mol. The van der Waals surface area contributed by atoms with Crippen LogP contribution in [-0.2, 0) is 59.1 Å². The van der Waals surface area contributed by atoms with Crippen molar-refractivity contribution in [1.29, 1.82) is 0 Å². The van der Waals surface area contributed by atoms with Gasteiger partial charge in [0, 0.05) is 45.1 Å². The third-order valence-electron chi connectivity index (χ3n) is 9.06. The minimum atomic E-state index is -5.31. The molecule has 0 aliphatic carbocycles. The Kier molecular flexibility index (Phi) is 17.6. The number of carbonyl (C=O) groups excluding carboxylic acids is 7. The van der Waals surface area contributed by atoms with E-state index >= 15 is 0 Å². The van der Waals surface area contributed by atoms with Crippen LogP contribution < -0.4 is 32.3 Å². The van der Waals surface area contributed by atoms with Gasteiger partial charge in [-0.05, 0) is 37.1 Å². The van der Waals surface area contributed by atoms with Crippen LogP contribution in [0.5, 0.6) is 5.75 Å². The highest BCUT2D eigenvalue weighted by Gasteiger charge is 2.40. The van der Waals surface area contributed by atoms with Crippen molar-refractivity contribution in [3.05, 3.63) is 30.0 Å². The molecule has 0 saturated carbocycles. The number of nitrogens with two attached hydrogens (primary N) is 1. The van der Waals surface area contributed by atoms with E-state index in [1.165, 1.54) is 32.3 Å². The second kappa shape index (κ2) is 21.4. The summed E-state index contributed by atoms with van der Waals surface area (Å²) in [6, 6.07) is -4.98. The number of likely N-dealkylation sites (tertiary alicyclic amines) is 1. The van der Waals surface area contributed by atoms with Crippen molar-refractivity contribution in [2.45, 2.75) is 67.3 Å². The van der Waals surface area contributed by atoms with Crippen molar-refractivity contribution in [1.82, 2.24) is 40.8 Å². The molecule has 3 rings (SSSR count). The van der Waals surface area contributed by atoms with Crippen LogP contribution in [0.25, 0.3) is 10.9 Å². The van der Waals surface area contributed by atoms with E-state index in [0.717, 1.165) is 22.2 Å². The topological polar surface area (TPSA) is 407 Å². The molecule has 1 aliphatic heterocycles. The predicted molar refractivity (Wildman–Crippen MR) is 206 cm³/mol. The quantitative estimate of drug-likeness (QED) is 0.0519. The summed E-state index contributed by atoms with van der Waals surface area (Å²) in [5.41, 5.74) is 5.08. The minimum Gasteiger partial charge on any atom is -0.506 e. The van der Waals surface area contributed by atoms with Crippen LogP contribution in [0.2, 0.25) is 0 Å². The first kappa shape index (κ1) is 50.0. The maximum atomic E-state index is 14.0. The zero-order valence-corrected chi connectivity index (χ0v) is 34.6. The zero-order chi connectivity index (χ0) is 46.0. The van der Waals surface area contributed by atoms with Crippen molar-refractivity contribution in [2.75, 3.05) is 47.1 Å². The molecule has 1 aromatic heterocycles. The van der Waals surface area contributed by atoms with Gasteiger partial charge in [-0.25, -0.2) is 22.3 Å². The van der Waals surface area contributed by atoms with Crippen LogP contribution in [0.15, 0.2) is 29.2 Å². The molecule has 2 heterocycles. The van der Waals surface area contributed by atoms with E-state index in [9.17, 15) is 76.8 Å². The number of benzene rings is 1. The Morgan fingerprint density at radius 2 is 1.43 bits per heavy atom. The first-order valence-corrected chi connectivity index (χ1v) is 21.1. The minimum absolute atomic E-state index is 0.0132. The number of aliphatic hydroxyl groups excluding tert-OH is 3. The third-order valence-corrected chi connectivity index (χ3v) is 11.4. The molecule has 0 bridgehead atoms. The maximum absolute atomic E-state index is 14.0. The van der Waals surface area contributed by atoms with E-state index in [1.807, 2.05) is 16.0 Å². The number of hydrogen-bond donors (Lipinski definition) is 12. The number of nitrogens with zero attached hydrogens (tertiary/aromatic N) is 3. The highest BCUT2D eigenvalue weighted by atomic mass is 32.2. The fraction of sp³-hybridized carbons (Fsp3) is 0.515. The van der Waals surface area contributed by atoms with Crippen molar-refractivity contribution in [3.8, 4) is 5.75 Å². The van der Waals surface area contributed by atoms with Gasteiger partial charge in [0.15, 0.2) is 0 Å². The van der Waals surface area contributed by atoms with Gasteiger partial charge in [-0.1, -0.05) is 0 Å². The number of rotatable bonds is 21. The number of nitrogens with one attached hydrogen (secondary N) is 5. The lowest BCUT2D eigenvalue weighted by atomic mass is 10.1. The van der Waals surface area contributed by atoms with Crippen LogP contribution in [0.1, 0.15) is 25.5 Å². The van der Waals surface area contributed by atoms with Gasteiger partial charge in [-0.3, -0.25) is 38.1 Å². The SMILES string of the molecule is CC(=O)N[C@@H](Cc1ccc2c(S(=O)(=O)N(C)C)ccc(O)c2n1)C(=O)N1CCC[C@H]1C(=O)N[C@H](CO)C(=O)N[C@@H](COP(=O)(O)O)C(=O)N[C@@H](CO)C(=O)N[C@@H](CO)C(N)=O. The summed E-state index contributed by atoms with van der Waals surface area (Å²) in [4.78, 5) is 114. The van der Waals surface area contributed by atoms with Crippen LogP contribution in [0.4, 0.5) is 0 Å². The van der Waals surface area contributed by atoms with Gasteiger partial charge in [-0.15, -0.1) is 0 Å². The van der Waals surface area contributed by atoms with Gasteiger partial charge in [-0.2, -0.15) is 0 Å². The number of carbonyl (C=O) groups is 7. The Morgan fingerprint density at radius 1 is 0.869 bits per heavy atom. The molecular formula is C33H48N9O17PS. The third kappa shape index (κ3) is 13.3. The molecule has 26 nitrogen and oxygen atoms in total. The Balaban J connectivity index is 1.81. The number of aromatic hydroxyl groups is 1. The van der Waals surface area contributed by atoms with Gasteiger partial charge in [0.2, 0.25) is 51.4 Å². The number of pyridine rings is 1. The number of sulfonamides is 1. The molecule has 338 valence electrons. The van der Waals surface area contributed by atoms with Crippen molar-refractivity contribution in [3.63, 3.8) is 0 Å². The summed E-state index contributed by atoms with van der Waals surface area (Å²) in [6.07, 6.45) is 0.00293. The highest BCUT2D eigenvalue weighted by molar-refractivity contribution is 7.89. The van der Waals surface area contributed by atoms with Gasteiger partial charge in [0.1, 0.15) is 47.5 Å².